The van der Waals surface area contributed by atoms with Gasteiger partial charge >= 0.3 is 5.97 Å². The summed E-state index contributed by atoms with van der Waals surface area (Å²) in [5.41, 5.74) is 3.97. The Balaban J connectivity index is 0.00000216. The van der Waals surface area contributed by atoms with Gasteiger partial charge < -0.3 is 25.6 Å². The molecule has 0 fully saturated rings. The van der Waals surface area contributed by atoms with Crippen LogP contribution in [0.4, 0.5) is 5.69 Å². The number of rotatable bonds is 8. The van der Waals surface area contributed by atoms with Crippen molar-refractivity contribution >= 4 is 48.1 Å². The first-order valence-electron chi connectivity index (χ1n) is 10.9. The van der Waals surface area contributed by atoms with Crippen LogP contribution in [0.2, 0.25) is 5.02 Å². The zero-order chi connectivity index (χ0) is 23.4. The molecule has 9 heteroatoms. The molecule has 1 aliphatic carbocycles. The molecule has 0 spiro atoms. The highest BCUT2D eigenvalue weighted by Crippen LogP contribution is 2.30. The van der Waals surface area contributed by atoms with Gasteiger partial charge in [-0.15, -0.1) is 24.8 Å². The summed E-state index contributed by atoms with van der Waals surface area (Å²) < 4.78 is 5.97. The second-order valence-electron chi connectivity index (χ2n) is 8.21. The molecule has 35 heavy (non-hydrogen) atoms. The molecule has 0 saturated heterocycles. The molecule has 4 rings (SSSR count). The lowest BCUT2D eigenvalue weighted by atomic mass is 9.88. The molecule has 0 aromatic heterocycles. The fraction of sp³-hybridized carbons (Fsp3) is 0.269. The molecule has 4 N–H and O–H groups in total. The third-order valence-corrected chi connectivity index (χ3v) is 6.20. The van der Waals surface area contributed by atoms with E-state index in [1.165, 1.54) is 17.2 Å². The van der Waals surface area contributed by atoms with Crippen LogP contribution in [0, 0.1) is 0 Å². The highest BCUT2D eigenvalue weighted by molar-refractivity contribution is 6.30. The fourth-order valence-electron chi connectivity index (χ4n) is 4.20. The molecule has 0 amide bonds. The van der Waals surface area contributed by atoms with E-state index in [0.29, 0.717) is 28.8 Å². The summed E-state index contributed by atoms with van der Waals surface area (Å²) in [6.45, 7) is 0.451. The maximum absolute atomic E-state index is 11.5. The fourth-order valence-corrected chi connectivity index (χ4v) is 4.40. The number of benzene rings is 3. The molecule has 1 aliphatic rings. The Morgan fingerprint density at radius 2 is 1.83 bits per heavy atom. The van der Waals surface area contributed by atoms with E-state index in [0.717, 1.165) is 24.8 Å². The Labute approximate surface area is 222 Å². The van der Waals surface area contributed by atoms with Gasteiger partial charge in [0.05, 0.1) is 11.7 Å². The summed E-state index contributed by atoms with van der Waals surface area (Å²) in [6, 6.07) is 18.5. The maximum atomic E-state index is 11.5. The molecule has 0 bridgehead atoms. The molecule has 0 heterocycles. The number of carboxylic acids is 1. The van der Waals surface area contributed by atoms with E-state index in [4.69, 9.17) is 16.3 Å². The summed E-state index contributed by atoms with van der Waals surface area (Å²) in [5, 5.41) is 26.9. The molecular weight excluding hydrogens is 511 g/mol. The Kier molecular flexibility index (Phi) is 10.7. The Morgan fingerprint density at radius 1 is 1.09 bits per heavy atom. The van der Waals surface area contributed by atoms with Crippen molar-refractivity contribution in [2.24, 2.45) is 0 Å². The lowest BCUT2D eigenvalue weighted by molar-refractivity contribution is 0.0697. The first-order valence-corrected chi connectivity index (χ1v) is 11.3. The predicted octanol–water partition coefficient (Wildman–Crippen LogP) is 5.90. The summed E-state index contributed by atoms with van der Waals surface area (Å²) in [5.74, 6) is 0.132. The van der Waals surface area contributed by atoms with Crippen molar-refractivity contribution in [2.45, 2.75) is 31.4 Å². The van der Waals surface area contributed by atoms with Gasteiger partial charge in [0.15, 0.2) is 0 Å². The molecule has 3 aromatic carbocycles. The van der Waals surface area contributed by atoms with Crippen molar-refractivity contribution in [3.8, 4) is 11.5 Å². The molecule has 188 valence electrons. The Morgan fingerprint density at radius 3 is 2.54 bits per heavy atom. The number of aliphatic hydroxyl groups excluding tert-OH is 1. The van der Waals surface area contributed by atoms with Gasteiger partial charge in [0.25, 0.3) is 0 Å². The van der Waals surface area contributed by atoms with Gasteiger partial charge in [-0.2, -0.15) is 0 Å². The van der Waals surface area contributed by atoms with E-state index >= 15 is 0 Å². The van der Waals surface area contributed by atoms with Crippen LogP contribution in [-0.4, -0.2) is 35.8 Å². The van der Waals surface area contributed by atoms with E-state index in [1.54, 1.807) is 31.3 Å². The van der Waals surface area contributed by atoms with Crippen LogP contribution in [0.3, 0.4) is 0 Å². The first kappa shape index (κ1) is 28.8. The second-order valence-corrected chi connectivity index (χ2v) is 8.65. The number of hydrogen-bond acceptors (Lipinski definition) is 5. The van der Waals surface area contributed by atoms with Gasteiger partial charge in [-0.3, -0.25) is 0 Å². The number of aliphatic hydroxyl groups is 1. The lowest BCUT2D eigenvalue weighted by Crippen LogP contribution is -2.37. The van der Waals surface area contributed by atoms with Gasteiger partial charge in [-0.1, -0.05) is 29.8 Å². The van der Waals surface area contributed by atoms with Gasteiger partial charge in [-0.05, 0) is 78.4 Å². The van der Waals surface area contributed by atoms with E-state index in [2.05, 4.69) is 16.7 Å². The molecule has 0 saturated carbocycles. The van der Waals surface area contributed by atoms with Crippen molar-refractivity contribution in [1.29, 1.82) is 0 Å². The second kappa shape index (κ2) is 13.0. The summed E-state index contributed by atoms with van der Waals surface area (Å²) in [6.07, 6.45) is 2.14. The first-order chi connectivity index (χ1) is 15.9. The van der Waals surface area contributed by atoms with Gasteiger partial charge in [0.1, 0.15) is 11.5 Å². The number of halogens is 3. The number of fused-ring (bicyclic) bond motifs is 1. The van der Waals surface area contributed by atoms with Crippen LogP contribution in [0.1, 0.15) is 39.6 Å². The quantitative estimate of drug-likeness (QED) is 0.285. The van der Waals surface area contributed by atoms with Crippen molar-refractivity contribution < 1.29 is 19.7 Å². The van der Waals surface area contributed by atoms with E-state index in [1.807, 2.05) is 24.3 Å². The SMILES string of the molecule is CNc1ccc(Oc2ccc3c(c2)C[C@@H](NC[C@H](O)c2cccc(Cl)c2)CC3)cc1C(=O)O.Cl.Cl. The van der Waals surface area contributed by atoms with Gasteiger partial charge in [0, 0.05) is 30.3 Å². The average Bonchev–Trinajstić information content (AvgIpc) is 2.82. The van der Waals surface area contributed by atoms with E-state index in [-0.39, 0.29) is 36.4 Å². The van der Waals surface area contributed by atoms with Gasteiger partial charge in [-0.25, -0.2) is 4.79 Å². The molecule has 0 unspecified atom stereocenters. The predicted molar refractivity (Wildman–Crippen MR) is 144 cm³/mol. The van der Waals surface area contributed by atoms with Gasteiger partial charge in [0.2, 0.25) is 0 Å². The zero-order valence-electron chi connectivity index (χ0n) is 19.2. The normalized spacial score (nSPS) is 15.1. The summed E-state index contributed by atoms with van der Waals surface area (Å²) in [7, 11) is 1.68. The highest BCUT2D eigenvalue weighted by Gasteiger charge is 2.20. The number of nitrogens with one attached hydrogen (secondary N) is 2. The third kappa shape index (κ3) is 7.26. The number of aryl methyl sites for hydroxylation is 1. The monoisotopic (exact) mass is 538 g/mol. The van der Waals surface area contributed by atoms with Crippen LogP contribution in [-0.2, 0) is 12.8 Å². The van der Waals surface area contributed by atoms with E-state index in [9.17, 15) is 15.0 Å². The number of aromatic carboxylic acids is 1. The Bertz CT molecular complexity index is 1160. The number of anilines is 1. The van der Waals surface area contributed by atoms with Crippen molar-refractivity contribution in [3.63, 3.8) is 0 Å². The average molecular weight is 540 g/mol. The number of hydrogen-bond donors (Lipinski definition) is 4. The highest BCUT2D eigenvalue weighted by atomic mass is 35.5. The minimum atomic E-state index is -1.01. The molecule has 2 atom stereocenters. The Hall–Kier alpha value is -2.48. The summed E-state index contributed by atoms with van der Waals surface area (Å²) in [4.78, 5) is 11.5. The van der Waals surface area contributed by atoms with Crippen molar-refractivity contribution in [3.05, 3.63) is 87.9 Å². The van der Waals surface area contributed by atoms with Crippen LogP contribution >= 0.6 is 36.4 Å². The smallest absolute Gasteiger partial charge is 0.337 e. The van der Waals surface area contributed by atoms with Crippen LogP contribution < -0.4 is 15.4 Å². The van der Waals surface area contributed by atoms with Crippen LogP contribution in [0.5, 0.6) is 11.5 Å². The minimum absolute atomic E-state index is 0. The third-order valence-electron chi connectivity index (χ3n) is 5.97. The number of ether oxygens (including phenoxy) is 1. The number of carboxylic acid groups (broad SMARTS) is 1. The molecule has 6 nitrogen and oxygen atoms in total. The molecular formula is C26H29Cl3N2O4. The standard InChI is InChI=1S/C26H27ClN2O4.2ClH/c1-28-24-10-9-22(14-23(24)26(31)32)33-21-8-6-16-5-7-20(12-18(16)13-21)29-15-25(30)17-3-2-4-19(27)11-17;;/h2-4,6,8-11,13-14,20,25,28-30H,5,7,12,15H2,1H3,(H,31,32);2*1H/t20-,25-;;/m0../s1. The van der Waals surface area contributed by atoms with Crippen LogP contribution in [0.15, 0.2) is 60.7 Å². The largest absolute Gasteiger partial charge is 0.478 e. The van der Waals surface area contributed by atoms with Crippen molar-refractivity contribution in [2.75, 3.05) is 18.9 Å². The zero-order valence-corrected chi connectivity index (χ0v) is 21.6. The molecule has 3 aromatic rings. The summed E-state index contributed by atoms with van der Waals surface area (Å²) >= 11 is 6.03. The molecule has 0 radical (unpaired) electrons. The topological polar surface area (TPSA) is 90.8 Å². The lowest BCUT2D eigenvalue weighted by Gasteiger charge is -2.27. The van der Waals surface area contributed by atoms with Crippen molar-refractivity contribution in [1.82, 2.24) is 5.32 Å². The maximum Gasteiger partial charge on any atom is 0.337 e. The number of carbonyl (C=O) groups is 1. The minimum Gasteiger partial charge on any atom is -0.478 e. The van der Waals surface area contributed by atoms with Crippen LogP contribution in [0.25, 0.3) is 0 Å². The van der Waals surface area contributed by atoms with E-state index < -0.39 is 12.1 Å². The molecule has 0 aliphatic heterocycles.